The van der Waals surface area contributed by atoms with E-state index in [4.69, 9.17) is 19.4 Å². The number of furan rings is 1. The SMILES string of the molecule is CC1(C)c2ccccc2-c2ccc(-c3ccc(-c4ccc5oc6cccc(-c7nc(-c8ccccc8)nc(-c8ccccc8)n7)c6c5c4)c4ccccc34)cc21. The van der Waals surface area contributed by atoms with Crippen molar-refractivity contribution in [2.45, 2.75) is 19.3 Å². The fraction of sp³-hybridized carbons (Fsp3) is 0.0577. The van der Waals surface area contributed by atoms with E-state index in [2.05, 4.69) is 117 Å². The molecule has 0 aliphatic heterocycles. The third kappa shape index (κ3) is 5.03. The Morgan fingerprint density at radius 1 is 0.357 bits per heavy atom. The predicted octanol–water partition coefficient (Wildman–Crippen LogP) is 13.6. The molecule has 2 heterocycles. The Morgan fingerprint density at radius 3 is 1.59 bits per heavy atom. The summed E-state index contributed by atoms with van der Waals surface area (Å²) in [5.74, 6) is 1.86. The van der Waals surface area contributed by atoms with E-state index in [0.29, 0.717) is 17.5 Å². The van der Waals surface area contributed by atoms with E-state index in [1.54, 1.807) is 0 Å². The molecule has 4 heteroatoms. The van der Waals surface area contributed by atoms with Crippen molar-refractivity contribution in [3.63, 3.8) is 0 Å². The van der Waals surface area contributed by atoms with Crippen LogP contribution in [0.5, 0.6) is 0 Å². The molecule has 10 aromatic rings. The predicted molar refractivity (Wildman–Crippen MR) is 229 cm³/mol. The molecular weight excluding hydrogens is 683 g/mol. The van der Waals surface area contributed by atoms with Crippen LogP contribution in [0, 0.1) is 0 Å². The lowest BCUT2D eigenvalue weighted by atomic mass is 9.81. The molecule has 0 saturated heterocycles. The second-order valence-corrected chi connectivity index (χ2v) is 15.2. The van der Waals surface area contributed by atoms with Gasteiger partial charge in [0.15, 0.2) is 17.5 Å². The first-order chi connectivity index (χ1) is 27.5. The third-order valence-electron chi connectivity index (χ3n) is 11.6. The summed E-state index contributed by atoms with van der Waals surface area (Å²) in [6, 6.07) is 62.0. The Labute approximate surface area is 324 Å². The van der Waals surface area contributed by atoms with E-state index in [1.165, 1.54) is 49.7 Å². The Morgan fingerprint density at radius 2 is 0.893 bits per heavy atom. The van der Waals surface area contributed by atoms with Gasteiger partial charge < -0.3 is 4.42 Å². The number of aromatic nitrogens is 3. The fourth-order valence-electron chi connectivity index (χ4n) is 8.78. The molecule has 0 spiro atoms. The van der Waals surface area contributed by atoms with Crippen LogP contribution < -0.4 is 0 Å². The lowest BCUT2D eigenvalue weighted by molar-refractivity contribution is 0.660. The molecule has 2 aromatic heterocycles. The highest BCUT2D eigenvalue weighted by Crippen LogP contribution is 2.50. The van der Waals surface area contributed by atoms with E-state index in [-0.39, 0.29) is 5.41 Å². The Bertz CT molecular complexity index is 3100. The molecule has 1 aliphatic carbocycles. The van der Waals surface area contributed by atoms with Gasteiger partial charge in [-0.05, 0) is 79.5 Å². The summed E-state index contributed by atoms with van der Waals surface area (Å²) in [5, 5.41) is 4.43. The topological polar surface area (TPSA) is 51.8 Å². The molecule has 0 bridgehead atoms. The third-order valence-corrected chi connectivity index (χ3v) is 11.6. The van der Waals surface area contributed by atoms with E-state index in [9.17, 15) is 0 Å². The minimum atomic E-state index is -0.0627. The molecular formula is C52H35N3O. The second kappa shape index (κ2) is 12.4. The molecule has 0 atom stereocenters. The molecule has 0 fully saturated rings. The minimum Gasteiger partial charge on any atom is -0.456 e. The Kier molecular flexibility index (Phi) is 7.17. The van der Waals surface area contributed by atoms with Gasteiger partial charge in [0.2, 0.25) is 0 Å². The summed E-state index contributed by atoms with van der Waals surface area (Å²) < 4.78 is 6.51. The van der Waals surface area contributed by atoms with Crippen molar-refractivity contribution < 1.29 is 4.42 Å². The zero-order valence-electron chi connectivity index (χ0n) is 31.0. The summed E-state index contributed by atoms with van der Waals surface area (Å²) in [5.41, 5.74) is 14.5. The molecule has 4 nitrogen and oxygen atoms in total. The van der Waals surface area contributed by atoms with Gasteiger partial charge in [0.25, 0.3) is 0 Å². The van der Waals surface area contributed by atoms with Crippen LogP contribution >= 0.6 is 0 Å². The van der Waals surface area contributed by atoms with Gasteiger partial charge in [-0.2, -0.15) is 0 Å². The lowest BCUT2D eigenvalue weighted by Crippen LogP contribution is -2.14. The van der Waals surface area contributed by atoms with Crippen molar-refractivity contribution in [2.24, 2.45) is 0 Å². The van der Waals surface area contributed by atoms with Gasteiger partial charge in [-0.15, -0.1) is 0 Å². The van der Waals surface area contributed by atoms with Crippen LogP contribution in [0.2, 0.25) is 0 Å². The molecule has 8 aromatic carbocycles. The van der Waals surface area contributed by atoms with Crippen molar-refractivity contribution in [3.05, 3.63) is 187 Å². The van der Waals surface area contributed by atoms with Crippen molar-refractivity contribution in [1.82, 2.24) is 15.0 Å². The maximum atomic E-state index is 6.51. The molecule has 11 rings (SSSR count). The summed E-state index contributed by atoms with van der Waals surface area (Å²) in [7, 11) is 0. The summed E-state index contributed by atoms with van der Waals surface area (Å²) in [6.45, 7) is 4.68. The maximum Gasteiger partial charge on any atom is 0.164 e. The van der Waals surface area contributed by atoms with E-state index in [1.807, 2.05) is 72.8 Å². The van der Waals surface area contributed by atoms with Crippen LogP contribution in [0.3, 0.4) is 0 Å². The average molecular weight is 718 g/mol. The molecule has 0 saturated carbocycles. The van der Waals surface area contributed by atoms with Gasteiger partial charge in [0.05, 0.1) is 0 Å². The van der Waals surface area contributed by atoms with Crippen LogP contribution in [0.15, 0.2) is 180 Å². The largest absolute Gasteiger partial charge is 0.456 e. The normalized spacial score (nSPS) is 13.0. The molecule has 0 radical (unpaired) electrons. The number of fused-ring (bicyclic) bond motifs is 7. The van der Waals surface area contributed by atoms with Crippen LogP contribution in [0.4, 0.5) is 0 Å². The number of rotatable bonds is 5. The summed E-state index contributed by atoms with van der Waals surface area (Å²) >= 11 is 0. The van der Waals surface area contributed by atoms with Gasteiger partial charge in [-0.25, -0.2) is 15.0 Å². The summed E-state index contributed by atoms with van der Waals surface area (Å²) in [6.07, 6.45) is 0. The van der Waals surface area contributed by atoms with Crippen molar-refractivity contribution in [2.75, 3.05) is 0 Å². The highest BCUT2D eigenvalue weighted by atomic mass is 16.3. The first-order valence-electron chi connectivity index (χ1n) is 19.1. The van der Waals surface area contributed by atoms with E-state index in [0.717, 1.165) is 44.2 Å². The van der Waals surface area contributed by atoms with E-state index >= 15 is 0 Å². The highest BCUT2D eigenvalue weighted by Gasteiger charge is 2.35. The zero-order valence-corrected chi connectivity index (χ0v) is 31.0. The first-order valence-corrected chi connectivity index (χ1v) is 19.1. The molecule has 264 valence electrons. The van der Waals surface area contributed by atoms with Crippen molar-refractivity contribution in [1.29, 1.82) is 0 Å². The van der Waals surface area contributed by atoms with Gasteiger partial charge >= 0.3 is 0 Å². The summed E-state index contributed by atoms with van der Waals surface area (Å²) in [4.78, 5) is 15.1. The van der Waals surface area contributed by atoms with Crippen LogP contribution in [-0.2, 0) is 5.41 Å². The first kappa shape index (κ1) is 32.3. The smallest absolute Gasteiger partial charge is 0.164 e. The molecule has 0 unspecified atom stereocenters. The molecule has 1 aliphatic rings. The lowest BCUT2D eigenvalue weighted by Gasteiger charge is -2.22. The monoisotopic (exact) mass is 717 g/mol. The van der Waals surface area contributed by atoms with Gasteiger partial charge in [-0.3, -0.25) is 0 Å². The molecule has 0 N–H and O–H groups in total. The highest BCUT2D eigenvalue weighted by molar-refractivity contribution is 6.14. The van der Waals surface area contributed by atoms with Crippen LogP contribution in [0.1, 0.15) is 25.0 Å². The van der Waals surface area contributed by atoms with Gasteiger partial charge in [0.1, 0.15) is 11.2 Å². The Balaban J connectivity index is 1.06. The number of benzene rings is 8. The van der Waals surface area contributed by atoms with Gasteiger partial charge in [0, 0.05) is 32.9 Å². The second-order valence-electron chi connectivity index (χ2n) is 15.2. The van der Waals surface area contributed by atoms with Crippen LogP contribution in [0.25, 0.3) is 100 Å². The standard InChI is InChI=1S/C52H35N3O/c1-52(2)44-22-12-11-20-40(44)41-26-24-35(31-45(41)52)37-28-27-36(38-18-9-10-19-39(37)38)34-25-29-46-43(30-34)48-42(21-13-23-47(48)56-46)51-54-49(32-14-5-3-6-15-32)53-50(55-51)33-16-7-4-8-17-33/h3-31H,1-2H3. The number of hydrogen-bond donors (Lipinski definition) is 0. The van der Waals surface area contributed by atoms with Crippen LogP contribution in [-0.4, -0.2) is 15.0 Å². The van der Waals surface area contributed by atoms with Crippen molar-refractivity contribution in [3.8, 4) is 67.5 Å². The Hall–Kier alpha value is -7.17. The average Bonchev–Trinajstić information content (AvgIpc) is 3.75. The fourth-order valence-corrected chi connectivity index (χ4v) is 8.78. The number of nitrogens with zero attached hydrogens (tertiary/aromatic N) is 3. The minimum absolute atomic E-state index is 0.0627. The molecule has 0 amide bonds. The molecule has 56 heavy (non-hydrogen) atoms. The maximum absolute atomic E-state index is 6.51. The number of hydrogen-bond acceptors (Lipinski definition) is 4. The van der Waals surface area contributed by atoms with Crippen molar-refractivity contribution >= 4 is 32.7 Å². The van der Waals surface area contributed by atoms with E-state index < -0.39 is 0 Å². The quantitative estimate of drug-likeness (QED) is 0.178. The van der Waals surface area contributed by atoms with Gasteiger partial charge in [-0.1, -0.05) is 166 Å². The zero-order chi connectivity index (χ0) is 37.4.